The van der Waals surface area contributed by atoms with Gasteiger partial charge in [0.1, 0.15) is 0 Å². The van der Waals surface area contributed by atoms with Gasteiger partial charge in [-0.1, -0.05) is 36.8 Å². The summed E-state index contributed by atoms with van der Waals surface area (Å²) in [6.45, 7) is 4.78. The summed E-state index contributed by atoms with van der Waals surface area (Å²) >= 11 is 0. The van der Waals surface area contributed by atoms with Gasteiger partial charge in [0.05, 0.1) is 6.04 Å². The second-order valence-corrected chi connectivity index (χ2v) is 8.43. The Balaban J connectivity index is 0.00000131. The third kappa shape index (κ3) is 4.79. The number of nitrogens with two attached hydrogens (primary N) is 1. The van der Waals surface area contributed by atoms with Crippen LogP contribution in [0.5, 0.6) is 0 Å². The highest BCUT2D eigenvalue weighted by Gasteiger charge is 2.45. The molecule has 3 aliphatic rings. The topological polar surface area (TPSA) is 49.6 Å². The summed E-state index contributed by atoms with van der Waals surface area (Å²) in [5.74, 6) is 1.39. The molecule has 1 aromatic rings. The molecule has 6 heteroatoms. The first-order valence-corrected chi connectivity index (χ1v) is 9.96. The van der Waals surface area contributed by atoms with Crippen LogP contribution in [0.25, 0.3) is 0 Å². The average Bonchev–Trinajstić information content (AvgIpc) is 2.62. The van der Waals surface area contributed by atoms with E-state index in [9.17, 15) is 4.79 Å². The molecule has 0 spiro atoms. The van der Waals surface area contributed by atoms with E-state index in [-0.39, 0.29) is 36.8 Å². The van der Waals surface area contributed by atoms with Crippen LogP contribution in [0.4, 0.5) is 0 Å². The minimum Gasteiger partial charge on any atom is -0.341 e. The van der Waals surface area contributed by atoms with Gasteiger partial charge in [-0.25, -0.2) is 0 Å². The van der Waals surface area contributed by atoms with E-state index in [1.54, 1.807) is 0 Å². The van der Waals surface area contributed by atoms with Gasteiger partial charge in [-0.15, -0.1) is 24.8 Å². The summed E-state index contributed by atoms with van der Waals surface area (Å²) < 4.78 is 0. The van der Waals surface area contributed by atoms with Gasteiger partial charge >= 0.3 is 0 Å². The summed E-state index contributed by atoms with van der Waals surface area (Å²) in [5.41, 5.74) is 7.31. The van der Waals surface area contributed by atoms with E-state index in [1.165, 1.54) is 37.7 Å². The summed E-state index contributed by atoms with van der Waals surface area (Å²) in [6, 6.07) is 11.9. The number of fused-ring (bicyclic) bond motifs is 4. The van der Waals surface area contributed by atoms with E-state index in [0.717, 1.165) is 19.6 Å². The molecule has 1 amide bonds. The molecule has 0 radical (unpaired) electrons. The molecule has 4 rings (SSSR count). The smallest absolute Gasteiger partial charge is 0.239 e. The van der Waals surface area contributed by atoms with Gasteiger partial charge < -0.3 is 10.6 Å². The second kappa shape index (κ2) is 9.60. The number of carbonyl (C=O) groups is 1. The summed E-state index contributed by atoms with van der Waals surface area (Å²) in [7, 11) is 0. The van der Waals surface area contributed by atoms with E-state index < -0.39 is 0 Å². The Kier molecular flexibility index (Phi) is 7.99. The Hall–Kier alpha value is -0.810. The lowest BCUT2D eigenvalue weighted by Crippen LogP contribution is -2.63. The van der Waals surface area contributed by atoms with Crippen LogP contribution in [0.1, 0.15) is 38.2 Å². The zero-order valence-corrected chi connectivity index (χ0v) is 17.8. The van der Waals surface area contributed by atoms with E-state index in [1.807, 2.05) is 6.92 Å². The van der Waals surface area contributed by atoms with Gasteiger partial charge in [-0.3, -0.25) is 9.69 Å². The average molecular weight is 414 g/mol. The molecule has 3 aliphatic heterocycles. The Morgan fingerprint density at radius 3 is 2.59 bits per heavy atom. The van der Waals surface area contributed by atoms with Crippen molar-refractivity contribution in [3.8, 4) is 0 Å². The zero-order valence-electron chi connectivity index (χ0n) is 16.1. The molecule has 0 saturated carbocycles. The molecule has 0 aliphatic carbocycles. The monoisotopic (exact) mass is 413 g/mol. The minimum atomic E-state index is -0.368. The van der Waals surface area contributed by atoms with E-state index >= 15 is 0 Å². The van der Waals surface area contributed by atoms with Crippen molar-refractivity contribution < 1.29 is 4.79 Å². The molecule has 5 atom stereocenters. The maximum Gasteiger partial charge on any atom is 0.239 e. The maximum absolute atomic E-state index is 12.4. The Morgan fingerprint density at radius 1 is 1.15 bits per heavy atom. The van der Waals surface area contributed by atoms with Gasteiger partial charge in [0, 0.05) is 31.7 Å². The molecule has 27 heavy (non-hydrogen) atoms. The van der Waals surface area contributed by atoms with Crippen molar-refractivity contribution in [3.63, 3.8) is 0 Å². The lowest BCUT2D eigenvalue weighted by molar-refractivity contribution is -0.139. The van der Waals surface area contributed by atoms with Crippen molar-refractivity contribution in [2.45, 2.75) is 57.2 Å². The van der Waals surface area contributed by atoms with Crippen molar-refractivity contribution in [3.05, 3.63) is 35.9 Å². The largest absolute Gasteiger partial charge is 0.341 e. The lowest BCUT2D eigenvalue weighted by Gasteiger charge is -2.55. The summed E-state index contributed by atoms with van der Waals surface area (Å²) in [4.78, 5) is 17.2. The van der Waals surface area contributed by atoms with Crippen LogP contribution >= 0.6 is 24.8 Å². The van der Waals surface area contributed by atoms with Crippen LogP contribution in [-0.2, 0) is 11.2 Å². The molecule has 3 saturated heterocycles. The molecule has 4 nitrogen and oxygen atoms in total. The van der Waals surface area contributed by atoms with Crippen molar-refractivity contribution in [2.24, 2.45) is 17.6 Å². The minimum absolute atomic E-state index is 0. The lowest BCUT2D eigenvalue weighted by atomic mass is 9.74. The third-order valence-electron chi connectivity index (χ3n) is 6.53. The first-order valence-electron chi connectivity index (χ1n) is 9.96. The highest BCUT2D eigenvalue weighted by atomic mass is 35.5. The quantitative estimate of drug-likeness (QED) is 0.827. The Labute approximate surface area is 175 Å². The molecule has 0 aromatic heterocycles. The molecule has 0 unspecified atom stereocenters. The fraction of sp³-hybridized carbons (Fsp3) is 0.667. The van der Waals surface area contributed by atoms with Crippen LogP contribution in [0.2, 0.25) is 0 Å². The number of rotatable bonds is 3. The third-order valence-corrected chi connectivity index (χ3v) is 6.53. The van der Waals surface area contributed by atoms with Crippen molar-refractivity contribution in [1.82, 2.24) is 9.80 Å². The molecule has 3 fully saturated rings. The van der Waals surface area contributed by atoms with E-state index in [4.69, 9.17) is 5.73 Å². The number of nitrogens with zero attached hydrogens (tertiary/aromatic N) is 2. The molecule has 2 N–H and O–H groups in total. The standard InChI is InChI=1S/C21H31N3O.2ClH/c1-15(22)21(25)23-12-17-10-18(14-23)20-9-5-8-19(24(20)13-17)11-16-6-3-2-4-7-16;;/h2-4,6-7,15,17-20H,5,8-14,22H2,1H3;2*1H/t15-,17+,18-,19-,20+;;/m1../s1. The highest BCUT2D eigenvalue weighted by Crippen LogP contribution is 2.40. The number of amides is 1. The fourth-order valence-electron chi connectivity index (χ4n) is 5.49. The Bertz CT molecular complexity index is 613. The summed E-state index contributed by atoms with van der Waals surface area (Å²) in [6.07, 6.45) is 6.39. The first-order chi connectivity index (χ1) is 12.1. The highest BCUT2D eigenvalue weighted by molar-refractivity contribution is 5.85. The van der Waals surface area contributed by atoms with Crippen molar-refractivity contribution in [2.75, 3.05) is 19.6 Å². The number of benzene rings is 1. The predicted octanol–water partition coefficient (Wildman–Crippen LogP) is 3.12. The van der Waals surface area contributed by atoms with Crippen molar-refractivity contribution in [1.29, 1.82) is 0 Å². The molecule has 1 aromatic carbocycles. The van der Waals surface area contributed by atoms with Gasteiger partial charge in [0.25, 0.3) is 0 Å². The molecule has 2 bridgehead atoms. The number of likely N-dealkylation sites (tertiary alicyclic amines) is 1. The Morgan fingerprint density at radius 2 is 1.89 bits per heavy atom. The van der Waals surface area contributed by atoms with Crippen LogP contribution in [-0.4, -0.2) is 53.5 Å². The number of carbonyl (C=O) groups excluding carboxylic acids is 1. The predicted molar refractivity (Wildman–Crippen MR) is 115 cm³/mol. The summed E-state index contributed by atoms with van der Waals surface area (Å²) in [5, 5.41) is 0. The zero-order chi connectivity index (χ0) is 17.4. The van der Waals surface area contributed by atoms with Gasteiger partial charge in [-0.2, -0.15) is 0 Å². The van der Waals surface area contributed by atoms with Gasteiger partial charge in [0.2, 0.25) is 5.91 Å². The van der Waals surface area contributed by atoms with Crippen molar-refractivity contribution >= 4 is 30.7 Å². The van der Waals surface area contributed by atoms with E-state index in [0.29, 0.717) is 23.9 Å². The first kappa shape index (κ1) is 22.5. The van der Waals surface area contributed by atoms with Crippen LogP contribution in [0, 0.1) is 11.8 Å². The van der Waals surface area contributed by atoms with Gasteiger partial charge in [0.15, 0.2) is 0 Å². The van der Waals surface area contributed by atoms with Crippen LogP contribution in [0.15, 0.2) is 30.3 Å². The number of hydrogen-bond acceptors (Lipinski definition) is 3. The molecular weight excluding hydrogens is 381 g/mol. The number of hydrogen-bond donors (Lipinski definition) is 1. The second-order valence-electron chi connectivity index (χ2n) is 8.43. The maximum atomic E-state index is 12.4. The molecule has 3 heterocycles. The normalized spacial score (nSPS) is 31.1. The van der Waals surface area contributed by atoms with Gasteiger partial charge in [-0.05, 0) is 50.0 Å². The fourth-order valence-corrected chi connectivity index (χ4v) is 5.49. The number of halogens is 2. The van der Waals surface area contributed by atoms with Crippen LogP contribution < -0.4 is 5.73 Å². The van der Waals surface area contributed by atoms with E-state index in [2.05, 4.69) is 40.1 Å². The molecular formula is C21H33Cl2N3O. The molecule has 152 valence electrons. The number of piperidine rings is 3. The SMILES string of the molecule is C[C@@H](N)C(=O)N1C[C@@H]2C[C@H](C1)[C@@H]1CCC[C@H](Cc3ccccc3)N1C2.Cl.Cl. The van der Waals surface area contributed by atoms with Crippen LogP contribution in [0.3, 0.4) is 0 Å².